The zero-order chi connectivity index (χ0) is 13.7. The topological polar surface area (TPSA) is 41.5 Å². The molecule has 1 aliphatic carbocycles. The van der Waals surface area contributed by atoms with Gasteiger partial charge in [0.05, 0.1) is 5.41 Å². The number of aliphatic imine (C=N–C) groups is 1. The Kier molecular flexibility index (Phi) is 2.53. The lowest BCUT2D eigenvalue weighted by Gasteiger charge is -2.36. The van der Waals surface area contributed by atoms with E-state index in [0.717, 1.165) is 37.9 Å². The summed E-state index contributed by atoms with van der Waals surface area (Å²) in [5.74, 6) is 0.907. The lowest BCUT2D eigenvalue weighted by atomic mass is 9.65. The highest BCUT2D eigenvalue weighted by atomic mass is 16.2. The maximum atomic E-state index is 12.2. The van der Waals surface area contributed by atoms with Gasteiger partial charge in [-0.3, -0.25) is 9.79 Å². The average Bonchev–Trinajstić information content (AvgIpc) is 2.70. The zero-order valence-corrected chi connectivity index (χ0v) is 11.9. The summed E-state index contributed by atoms with van der Waals surface area (Å²) in [5.41, 5.74) is 4.46. The number of nitrogens with one attached hydrogen (secondary N) is 1. The van der Waals surface area contributed by atoms with Gasteiger partial charge in [-0.2, -0.15) is 0 Å². The van der Waals surface area contributed by atoms with E-state index in [2.05, 4.69) is 30.4 Å². The molecular formula is C17H20N2O. The van der Waals surface area contributed by atoms with Crippen LogP contribution in [0.4, 0.5) is 5.69 Å². The van der Waals surface area contributed by atoms with Crippen LogP contribution in [0.15, 0.2) is 23.2 Å². The van der Waals surface area contributed by atoms with Gasteiger partial charge in [0.2, 0.25) is 5.91 Å². The third kappa shape index (κ3) is 1.58. The van der Waals surface area contributed by atoms with Crippen molar-refractivity contribution in [3.8, 4) is 0 Å². The molecule has 1 saturated carbocycles. The van der Waals surface area contributed by atoms with Crippen molar-refractivity contribution in [3.63, 3.8) is 0 Å². The predicted molar refractivity (Wildman–Crippen MR) is 80.4 cm³/mol. The van der Waals surface area contributed by atoms with Crippen molar-refractivity contribution in [1.29, 1.82) is 0 Å². The summed E-state index contributed by atoms with van der Waals surface area (Å²) in [5, 5.41) is 3.05. The molecule has 4 rings (SSSR count). The lowest BCUT2D eigenvalue weighted by Crippen LogP contribution is -2.40. The summed E-state index contributed by atoms with van der Waals surface area (Å²) in [6.07, 6.45) is 5.44. The summed E-state index contributed by atoms with van der Waals surface area (Å²) in [6.45, 7) is 3.20. The molecular weight excluding hydrogens is 248 g/mol. The molecule has 1 fully saturated rings. The third-order valence-corrected chi connectivity index (χ3v) is 5.23. The fourth-order valence-electron chi connectivity index (χ4n) is 3.67. The number of fused-ring (bicyclic) bond motifs is 2. The summed E-state index contributed by atoms with van der Waals surface area (Å²) in [4.78, 5) is 17.0. The maximum Gasteiger partial charge on any atom is 0.235 e. The monoisotopic (exact) mass is 268 g/mol. The highest BCUT2D eigenvalue weighted by Gasteiger charge is 2.51. The number of anilines is 1. The molecule has 3 nitrogen and oxygen atoms in total. The van der Waals surface area contributed by atoms with Crippen LogP contribution in [0.1, 0.15) is 50.2 Å². The minimum Gasteiger partial charge on any atom is -0.325 e. The second-order valence-electron chi connectivity index (χ2n) is 6.58. The van der Waals surface area contributed by atoms with Gasteiger partial charge in [0.15, 0.2) is 0 Å². The van der Waals surface area contributed by atoms with Crippen LogP contribution in [0.3, 0.4) is 0 Å². The number of nitrogens with zero attached hydrogens (tertiary/aromatic N) is 1. The summed E-state index contributed by atoms with van der Waals surface area (Å²) in [7, 11) is 0. The fourth-order valence-corrected chi connectivity index (χ4v) is 3.67. The van der Waals surface area contributed by atoms with Crippen molar-refractivity contribution >= 4 is 17.3 Å². The number of carbonyl (C=O) groups is 1. The quantitative estimate of drug-likeness (QED) is 0.834. The van der Waals surface area contributed by atoms with Crippen molar-refractivity contribution in [2.75, 3.05) is 11.9 Å². The van der Waals surface area contributed by atoms with E-state index in [-0.39, 0.29) is 11.3 Å². The molecule has 1 aromatic rings. The van der Waals surface area contributed by atoms with Crippen LogP contribution in [-0.4, -0.2) is 18.2 Å². The Bertz CT molecular complexity index is 613. The molecule has 104 valence electrons. The number of amides is 1. The van der Waals surface area contributed by atoms with Crippen LogP contribution >= 0.6 is 0 Å². The van der Waals surface area contributed by atoms with Crippen LogP contribution in [-0.2, 0) is 10.2 Å². The van der Waals surface area contributed by atoms with Crippen molar-refractivity contribution in [2.45, 2.75) is 44.4 Å². The molecule has 3 heteroatoms. The van der Waals surface area contributed by atoms with Gasteiger partial charge < -0.3 is 5.32 Å². The number of carbonyl (C=O) groups excluding carboxylic acids is 1. The van der Waals surface area contributed by atoms with E-state index in [0.29, 0.717) is 5.92 Å². The van der Waals surface area contributed by atoms with Gasteiger partial charge in [-0.25, -0.2) is 0 Å². The Labute approximate surface area is 119 Å². The third-order valence-electron chi connectivity index (χ3n) is 5.23. The minimum absolute atomic E-state index is 0.204. The van der Waals surface area contributed by atoms with E-state index < -0.39 is 0 Å². The van der Waals surface area contributed by atoms with Gasteiger partial charge in [-0.15, -0.1) is 0 Å². The largest absolute Gasteiger partial charge is 0.325 e. The molecule has 20 heavy (non-hydrogen) atoms. The highest BCUT2D eigenvalue weighted by molar-refractivity contribution is 6.09. The number of hydrogen-bond donors (Lipinski definition) is 1. The maximum absolute atomic E-state index is 12.2. The van der Waals surface area contributed by atoms with Crippen molar-refractivity contribution in [1.82, 2.24) is 0 Å². The molecule has 0 bridgehead atoms. The average molecular weight is 268 g/mol. The second-order valence-corrected chi connectivity index (χ2v) is 6.58. The highest BCUT2D eigenvalue weighted by Crippen LogP contribution is 2.51. The molecule has 1 aromatic carbocycles. The Morgan fingerprint density at radius 3 is 2.85 bits per heavy atom. The van der Waals surface area contributed by atoms with Gasteiger partial charge in [0.25, 0.3) is 0 Å². The van der Waals surface area contributed by atoms with Gasteiger partial charge in [0.1, 0.15) is 0 Å². The standard InChI is InChI=1S/C17H20N2O/c1-11-3-5-14(18-10-11)12-4-6-15-13(9-12)17(7-2-8-17)16(20)19-15/h4,6,9,11H,2-3,5,7-8,10H2,1H3,(H,19,20). The molecule has 1 atom stereocenters. The Hall–Kier alpha value is -1.64. The van der Waals surface area contributed by atoms with E-state index >= 15 is 0 Å². The van der Waals surface area contributed by atoms with Crippen LogP contribution in [0.5, 0.6) is 0 Å². The van der Waals surface area contributed by atoms with E-state index in [1.807, 2.05) is 0 Å². The smallest absolute Gasteiger partial charge is 0.235 e. The van der Waals surface area contributed by atoms with Crippen molar-refractivity contribution in [2.24, 2.45) is 10.9 Å². The lowest BCUT2D eigenvalue weighted by molar-refractivity contribution is -0.123. The number of hydrogen-bond acceptors (Lipinski definition) is 2. The van der Waals surface area contributed by atoms with E-state index in [4.69, 9.17) is 4.99 Å². The van der Waals surface area contributed by atoms with Gasteiger partial charge in [-0.05, 0) is 54.9 Å². The Morgan fingerprint density at radius 2 is 2.20 bits per heavy atom. The van der Waals surface area contributed by atoms with Crippen LogP contribution in [0.2, 0.25) is 0 Å². The SMILES string of the molecule is CC1CCC(c2ccc3c(c2)C2(CCC2)C(=O)N3)=NC1. The first-order valence-electron chi connectivity index (χ1n) is 7.69. The van der Waals surface area contributed by atoms with Crippen LogP contribution in [0, 0.1) is 5.92 Å². The molecule has 0 radical (unpaired) electrons. The fraction of sp³-hybridized carbons (Fsp3) is 0.529. The number of rotatable bonds is 1. The first-order valence-corrected chi connectivity index (χ1v) is 7.69. The number of benzene rings is 1. The van der Waals surface area contributed by atoms with Gasteiger partial charge >= 0.3 is 0 Å². The first kappa shape index (κ1) is 12.1. The van der Waals surface area contributed by atoms with Crippen molar-refractivity contribution < 1.29 is 4.79 Å². The van der Waals surface area contributed by atoms with Gasteiger partial charge in [0, 0.05) is 17.9 Å². The Morgan fingerprint density at radius 1 is 1.35 bits per heavy atom. The summed E-state index contributed by atoms with van der Waals surface area (Å²) >= 11 is 0. The molecule has 1 unspecified atom stereocenters. The Balaban J connectivity index is 1.74. The molecule has 3 aliphatic rings. The van der Waals surface area contributed by atoms with Crippen molar-refractivity contribution in [3.05, 3.63) is 29.3 Å². The predicted octanol–water partition coefficient (Wildman–Crippen LogP) is 3.28. The minimum atomic E-state index is -0.214. The molecule has 2 aliphatic heterocycles. The molecule has 2 heterocycles. The molecule has 0 saturated heterocycles. The normalized spacial score (nSPS) is 26.8. The van der Waals surface area contributed by atoms with Crippen LogP contribution < -0.4 is 5.32 Å². The zero-order valence-electron chi connectivity index (χ0n) is 11.9. The summed E-state index contributed by atoms with van der Waals surface area (Å²) < 4.78 is 0. The molecule has 1 N–H and O–H groups in total. The van der Waals surface area contributed by atoms with E-state index in [1.165, 1.54) is 23.3 Å². The molecule has 1 amide bonds. The summed E-state index contributed by atoms with van der Waals surface area (Å²) in [6, 6.07) is 6.41. The van der Waals surface area contributed by atoms with Crippen LogP contribution in [0.25, 0.3) is 0 Å². The van der Waals surface area contributed by atoms with Gasteiger partial charge in [-0.1, -0.05) is 19.4 Å². The van der Waals surface area contributed by atoms with E-state index in [1.54, 1.807) is 0 Å². The molecule has 0 aromatic heterocycles. The van der Waals surface area contributed by atoms with E-state index in [9.17, 15) is 4.79 Å². The second kappa shape index (κ2) is 4.18. The molecule has 1 spiro atoms. The first-order chi connectivity index (χ1) is 9.69.